The second kappa shape index (κ2) is 3.86. The normalized spacial score (nSPS) is 34.2. The van der Waals surface area contributed by atoms with Gasteiger partial charge in [0.25, 0.3) is 0 Å². The predicted molar refractivity (Wildman–Crippen MR) is 64.3 cm³/mol. The van der Waals surface area contributed by atoms with Crippen LogP contribution in [0, 0.1) is 0 Å². The maximum atomic E-state index is 10.4. The van der Waals surface area contributed by atoms with E-state index in [2.05, 4.69) is 30.0 Å². The molecule has 1 aromatic rings. The molecule has 2 heteroatoms. The molecule has 1 aromatic carbocycles. The zero-order valence-electron chi connectivity index (χ0n) is 9.76. The highest BCUT2D eigenvalue weighted by molar-refractivity contribution is 5.36. The second-order valence-electron chi connectivity index (χ2n) is 5.14. The summed E-state index contributed by atoms with van der Waals surface area (Å²) in [5.74, 6) is 0. The molecule has 16 heavy (non-hydrogen) atoms. The molecule has 1 aliphatic carbocycles. The Kier molecular flexibility index (Phi) is 2.49. The largest absolute Gasteiger partial charge is 0.387 e. The number of likely N-dealkylation sites (tertiary alicyclic amines) is 1. The summed E-state index contributed by atoms with van der Waals surface area (Å²) in [7, 11) is 0. The van der Waals surface area contributed by atoms with Crippen LogP contribution in [0.3, 0.4) is 0 Å². The zero-order valence-corrected chi connectivity index (χ0v) is 9.76. The first-order valence-corrected chi connectivity index (χ1v) is 6.29. The fraction of sp³-hybridized carbons (Fsp3) is 0.571. The van der Waals surface area contributed by atoms with E-state index in [0.29, 0.717) is 12.1 Å². The van der Waals surface area contributed by atoms with Crippen LogP contribution in [0.4, 0.5) is 0 Å². The number of fused-ring (bicyclic) bond motifs is 1. The monoisotopic (exact) mass is 217 g/mol. The molecule has 2 nitrogen and oxygen atoms in total. The summed E-state index contributed by atoms with van der Waals surface area (Å²) >= 11 is 0. The van der Waals surface area contributed by atoms with Crippen molar-refractivity contribution in [3.05, 3.63) is 35.4 Å². The van der Waals surface area contributed by atoms with Gasteiger partial charge in [0.05, 0.1) is 6.10 Å². The molecule has 0 amide bonds. The Morgan fingerprint density at radius 3 is 2.81 bits per heavy atom. The van der Waals surface area contributed by atoms with E-state index >= 15 is 0 Å². The smallest absolute Gasteiger partial charge is 0.0951 e. The summed E-state index contributed by atoms with van der Waals surface area (Å²) in [5, 5.41) is 10.4. The van der Waals surface area contributed by atoms with Crippen LogP contribution in [-0.4, -0.2) is 28.6 Å². The Morgan fingerprint density at radius 1 is 1.31 bits per heavy atom. The fourth-order valence-electron chi connectivity index (χ4n) is 3.30. The Morgan fingerprint density at radius 2 is 2.12 bits per heavy atom. The van der Waals surface area contributed by atoms with Gasteiger partial charge < -0.3 is 5.11 Å². The van der Waals surface area contributed by atoms with Crippen molar-refractivity contribution in [2.24, 2.45) is 0 Å². The molecule has 0 saturated carbocycles. The molecule has 3 rings (SSSR count). The van der Waals surface area contributed by atoms with Crippen LogP contribution >= 0.6 is 0 Å². The highest BCUT2D eigenvalue weighted by Gasteiger charge is 2.38. The highest BCUT2D eigenvalue weighted by Crippen LogP contribution is 2.37. The number of aliphatic hydroxyl groups is 1. The number of benzene rings is 1. The van der Waals surface area contributed by atoms with Crippen LogP contribution in [0.1, 0.15) is 37.0 Å². The number of aliphatic hydroxyl groups excluding tert-OH is 1. The highest BCUT2D eigenvalue weighted by atomic mass is 16.3. The lowest BCUT2D eigenvalue weighted by atomic mass is 10.1. The molecule has 1 fully saturated rings. The van der Waals surface area contributed by atoms with Crippen LogP contribution in [0.2, 0.25) is 0 Å². The summed E-state index contributed by atoms with van der Waals surface area (Å²) in [4.78, 5) is 2.49. The summed E-state index contributed by atoms with van der Waals surface area (Å²) in [6.45, 7) is 3.43. The van der Waals surface area contributed by atoms with E-state index in [9.17, 15) is 5.11 Å². The standard InChI is InChI=1S/C14H19NO/c1-10-5-4-8-15(10)13-9-11-6-2-3-7-12(11)14(13)16/h2-3,6-7,10,13-14,16H,4-5,8-9H2,1H3. The van der Waals surface area contributed by atoms with Crippen LogP contribution in [0.15, 0.2) is 24.3 Å². The van der Waals surface area contributed by atoms with Gasteiger partial charge in [-0.3, -0.25) is 4.90 Å². The third-order valence-corrected chi connectivity index (χ3v) is 4.20. The van der Waals surface area contributed by atoms with E-state index in [1.54, 1.807) is 0 Å². The molecular formula is C14H19NO. The van der Waals surface area contributed by atoms with E-state index in [0.717, 1.165) is 18.5 Å². The number of hydrogen-bond acceptors (Lipinski definition) is 2. The topological polar surface area (TPSA) is 23.5 Å². The molecule has 1 saturated heterocycles. The van der Waals surface area contributed by atoms with Crippen molar-refractivity contribution in [2.75, 3.05) is 6.54 Å². The van der Waals surface area contributed by atoms with Gasteiger partial charge in [-0.2, -0.15) is 0 Å². The number of rotatable bonds is 1. The van der Waals surface area contributed by atoms with Crippen molar-refractivity contribution >= 4 is 0 Å². The Hall–Kier alpha value is -0.860. The first kappa shape index (κ1) is 10.3. The van der Waals surface area contributed by atoms with Crippen molar-refractivity contribution in [1.82, 2.24) is 4.90 Å². The van der Waals surface area contributed by atoms with E-state index in [4.69, 9.17) is 0 Å². The Labute approximate surface area is 96.9 Å². The SMILES string of the molecule is CC1CCCN1C1Cc2ccccc2C1O. The van der Waals surface area contributed by atoms with Crippen LogP contribution in [0.25, 0.3) is 0 Å². The first-order chi connectivity index (χ1) is 7.77. The zero-order chi connectivity index (χ0) is 11.1. The lowest BCUT2D eigenvalue weighted by Crippen LogP contribution is -2.40. The lowest BCUT2D eigenvalue weighted by Gasteiger charge is -2.30. The average molecular weight is 217 g/mol. The van der Waals surface area contributed by atoms with Crippen molar-refractivity contribution in [1.29, 1.82) is 0 Å². The summed E-state index contributed by atoms with van der Waals surface area (Å²) in [6.07, 6.45) is 3.29. The quantitative estimate of drug-likeness (QED) is 0.779. The predicted octanol–water partition coefficient (Wildman–Crippen LogP) is 2.13. The van der Waals surface area contributed by atoms with Crippen LogP contribution in [0.5, 0.6) is 0 Å². The van der Waals surface area contributed by atoms with E-state index in [1.165, 1.54) is 18.4 Å². The minimum absolute atomic E-state index is 0.281. The average Bonchev–Trinajstić information content (AvgIpc) is 2.84. The van der Waals surface area contributed by atoms with Crippen molar-refractivity contribution in [3.8, 4) is 0 Å². The van der Waals surface area contributed by atoms with E-state index < -0.39 is 0 Å². The Balaban J connectivity index is 1.86. The molecule has 0 spiro atoms. The molecule has 3 atom stereocenters. The van der Waals surface area contributed by atoms with Gasteiger partial charge in [-0.05, 0) is 43.9 Å². The summed E-state index contributed by atoms with van der Waals surface area (Å²) < 4.78 is 0. The number of nitrogens with zero attached hydrogens (tertiary/aromatic N) is 1. The van der Waals surface area contributed by atoms with Gasteiger partial charge in [0.2, 0.25) is 0 Å². The van der Waals surface area contributed by atoms with Gasteiger partial charge in [-0.1, -0.05) is 24.3 Å². The molecule has 3 unspecified atom stereocenters. The van der Waals surface area contributed by atoms with Crippen LogP contribution < -0.4 is 0 Å². The third kappa shape index (κ3) is 1.48. The molecule has 0 aromatic heterocycles. The van der Waals surface area contributed by atoms with Gasteiger partial charge in [0.15, 0.2) is 0 Å². The van der Waals surface area contributed by atoms with Crippen molar-refractivity contribution in [2.45, 2.75) is 44.4 Å². The maximum Gasteiger partial charge on any atom is 0.0951 e. The van der Waals surface area contributed by atoms with Gasteiger partial charge in [0.1, 0.15) is 0 Å². The molecule has 2 aliphatic rings. The maximum absolute atomic E-state index is 10.4. The van der Waals surface area contributed by atoms with Gasteiger partial charge in [0, 0.05) is 12.1 Å². The molecule has 1 aliphatic heterocycles. The van der Waals surface area contributed by atoms with Gasteiger partial charge in [-0.25, -0.2) is 0 Å². The van der Waals surface area contributed by atoms with E-state index in [1.807, 2.05) is 6.07 Å². The first-order valence-electron chi connectivity index (χ1n) is 6.29. The molecule has 0 bridgehead atoms. The minimum atomic E-state index is -0.281. The molecule has 1 N–H and O–H groups in total. The molecule has 86 valence electrons. The molecule has 0 radical (unpaired) electrons. The van der Waals surface area contributed by atoms with Gasteiger partial charge >= 0.3 is 0 Å². The lowest BCUT2D eigenvalue weighted by molar-refractivity contribution is 0.0569. The summed E-state index contributed by atoms with van der Waals surface area (Å²) in [5.41, 5.74) is 2.48. The van der Waals surface area contributed by atoms with Gasteiger partial charge in [-0.15, -0.1) is 0 Å². The minimum Gasteiger partial charge on any atom is -0.387 e. The summed E-state index contributed by atoms with van der Waals surface area (Å²) in [6, 6.07) is 9.27. The van der Waals surface area contributed by atoms with Crippen molar-refractivity contribution in [3.63, 3.8) is 0 Å². The third-order valence-electron chi connectivity index (χ3n) is 4.20. The van der Waals surface area contributed by atoms with Crippen LogP contribution in [-0.2, 0) is 6.42 Å². The number of hydrogen-bond donors (Lipinski definition) is 1. The molecule has 1 heterocycles. The Bertz CT molecular complexity index is 390. The van der Waals surface area contributed by atoms with E-state index in [-0.39, 0.29) is 6.10 Å². The second-order valence-corrected chi connectivity index (χ2v) is 5.14. The fourth-order valence-corrected chi connectivity index (χ4v) is 3.30. The molecular weight excluding hydrogens is 198 g/mol. The van der Waals surface area contributed by atoms with Crippen molar-refractivity contribution < 1.29 is 5.11 Å².